The first-order valence-electron chi connectivity index (χ1n) is 6.49. The van der Waals surface area contributed by atoms with Gasteiger partial charge in [0.1, 0.15) is 11.6 Å². The van der Waals surface area contributed by atoms with E-state index < -0.39 is 0 Å². The molecule has 0 aliphatic heterocycles. The Hall–Kier alpha value is -1.88. The van der Waals surface area contributed by atoms with Crippen LogP contribution in [0.1, 0.15) is 12.0 Å². The van der Waals surface area contributed by atoms with Crippen LogP contribution in [0.25, 0.3) is 0 Å². The van der Waals surface area contributed by atoms with E-state index >= 15 is 0 Å². The van der Waals surface area contributed by atoms with E-state index in [0.29, 0.717) is 10.2 Å². The van der Waals surface area contributed by atoms with Gasteiger partial charge in [-0.25, -0.2) is 4.39 Å². The molecule has 0 atom stereocenters. The van der Waals surface area contributed by atoms with Gasteiger partial charge in [-0.15, -0.1) is 0 Å². The number of hydrogen-bond donors (Lipinski definition) is 1. The van der Waals surface area contributed by atoms with Crippen LogP contribution in [0.15, 0.2) is 46.9 Å². The monoisotopic (exact) mass is 351 g/mol. The normalized spacial score (nSPS) is 10.2. The number of carbonyl (C=O) groups is 1. The van der Waals surface area contributed by atoms with E-state index in [-0.39, 0.29) is 24.8 Å². The number of benzene rings is 2. The van der Waals surface area contributed by atoms with Crippen LogP contribution in [0.5, 0.6) is 5.75 Å². The Labute approximate surface area is 131 Å². The minimum absolute atomic E-state index is 0.179. The van der Waals surface area contributed by atoms with Crippen LogP contribution in [0.4, 0.5) is 10.1 Å². The van der Waals surface area contributed by atoms with E-state index in [4.69, 9.17) is 4.74 Å². The van der Waals surface area contributed by atoms with E-state index in [1.54, 1.807) is 0 Å². The van der Waals surface area contributed by atoms with Crippen molar-refractivity contribution < 1.29 is 13.9 Å². The second-order valence-corrected chi connectivity index (χ2v) is 5.45. The van der Waals surface area contributed by atoms with Crippen molar-refractivity contribution in [2.45, 2.75) is 13.3 Å². The van der Waals surface area contributed by atoms with E-state index in [2.05, 4.69) is 21.2 Å². The molecule has 2 rings (SSSR count). The fourth-order valence-electron chi connectivity index (χ4n) is 1.76. The zero-order valence-electron chi connectivity index (χ0n) is 11.5. The summed E-state index contributed by atoms with van der Waals surface area (Å²) in [6, 6.07) is 12.0. The van der Waals surface area contributed by atoms with E-state index in [9.17, 15) is 9.18 Å². The van der Waals surface area contributed by atoms with Crippen molar-refractivity contribution in [2.75, 3.05) is 11.9 Å². The van der Waals surface area contributed by atoms with Gasteiger partial charge in [-0.1, -0.05) is 12.1 Å². The second kappa shape index (κ2) is 7.22. The van der Waals surface area contributed by atoms with Crippen molar-refractivity contribution in [3.05, 3.63) is 58.3 Å². The number of amides is 1. The fourth-order valence-corrected chi connectivity index (χ4v) is 2.14. The number of hydrogen-bond acceptors (Lipinski definition) is 2. The molecule has 2 aromatic rings. The molecular formula is C16H15BrFNO2. The first-order valence-corrected chi connectivity index (χ1v) is 7.28. The summed E-state index contributed by atoms with van der Waals surface area (Å²) in [4.78, 5) is 11.8. The number of ether oxygens (including phenoxy) is 1. The molecule has 0 unspecified atom stereocenters. The van der Waals surface area contributed by atoms with Crippen molar-refractivity contribution in [3.63, 3.8) is 0 Å². The first kappa shape index (κ1) is 15.5. The Morgan fingerprint density at radius 3 is 2.81 bits per heavy atom. The summed E-state index contributed by atoms with van der Waals surface area (Å²) in [5, 5.41) is 2.69. The molecule has 0 fully saturated rings. The number of carbonyl (C=O) groups excluding carboxylic acids is 1. The lowest BCUT2D eigenvalue weighted by molar-refractivity contribution is -0.116. The summed E-state index contributed by atoms with van der Waals surface area (Å²) in [5.74, 6) is 0.198. The van der Waals surface area contributed by atoms with Crippen LogP contribution in [0.3, 0.4) is 0 Å². The second-order valence-electron chi connectivity index (χ2n) is 4.59. The maximum atomic E-state index is 13.1. The number of rotatable bonds is 5. The van der Waals surface area contributed by atoms with Gasteiger partial charge in [0, 0.05) is 5.69 Å². The standard InChI is InChI=1S/C16H15BrFNO2/c1-11-3-2-4-13(9-11)21-8-7-16(20)19-12-5-6-15(18)14(17)10-12/h2-6,9-10H,7-8H2,1H3,(H,19,20). The summed E-state index contributed by atoms with van der Waals surface area (Å²) in [6.45, 7) is 2.27. The SMILES string of the molecule is Cc1cccc(OCCC(=O)Nc2ccc(F)c(Br)c2)c1. The van der Waals surface area contributed by atoms with Gasteiger partial charge in [0.05, 0.1) is 17.5 Å². The minimum Gasteiger partial charge on any atom is -0.493 e. The van der Waals surface area contributed by atoms with Gasteiger partial charge in [0.15, 0.2) is 0 Å². The van der Waals surface area contributed by atoms with Crippen LogP contribution >= 0.6 is 15.9 Å². The van der Waals surface area contributed by atoms with Gasteiger partial charge in [0.25, 0.3) is 0 Å². The molecule has 0 saturated heterocycles. The Morgan fingerprint density at radius 1 is 1.29 bits per heavy atom. The van der Waals surface area contributed by atoms with Crippen LogP contribution in [0.2, 0.25) is 0 Å². The van der Waals surface area contributed by atoms with E-state index in [0.717, 1.165) is 11.3 Å². The fraction of sp³-hybridized carbons (Fsp3) is 0.188. The van der Waals surface area contributed by atoms with Crippen LogP contribution in [-0.4, -0.2) is 12.5 Å². The lowest BCUT2D eigenvalue weighted by atomic mass is 10.2. The van der Waals surface area contributed by atoms with Crippen LogP contribution in [0, 0.1) is 12.7 Å². The van der Waals surface area contributed by atoms with E-state index in [1.807, 2.05) is 31.2 Å². The van der Waals surface area contributed by atoms with Crippen molar-refractivity contribution in [1.29, 1.82) is 0 Å². The average molecular weight is 352 g/mol. The molecule has 1 amide bonds. The van der Waals surface area contributed by atoms with Gasteiger partial charge in [0.2, 0.25) is 5.91 Å². The van der Waals surface area contributed by atoms with Gasteiger partial charge in [-0.05, 0) is 58.7 Å². The van der Waals surface area contributed by atoms with Gasteiger partial charge >= 0.3 is 0 Å². The molecule has 0 saturated carbocycles. The predicted molar refractivity (Wildman–Crippen MR) is 84.0 cm³/mol. The molecule has 2 aromatic carbocycles. The average Bonchev–Trinajstić information content (AvgIpc) is 2.43. The van der Waals surface area contributed by atoms with Gasteiger partial charge < -0.3 is 10.1 Å². The van der Waals surface area contributed by atoms with Crippen LogP contribution in [-0.2, 0) is 4.79 Å². The third-order valence-electron chi connectivity index (χ3n) is 2.79. The van der Waals surface area contributed by atoms with E-state index in [1.165, 1.54) is 18.2 Å². The lowest BCUT2D eigenvalue weighted by Gasteiger charge is -2.08. The highest BCUT2D eigenvalue weighted by atomic mass is 79.9. The van der Waals surface area contributed by atoms with Crippen LogP contribution < -0.4 is 10.1 Å². The highest BCUT2D eigenvalue weighted by Crippen LogP contribution is 2.20. The van der Waals surface area contributed by atoms with Crippen molar-refractivity contribution in [2.24, 2.45) is 0 Å². The molecule has 0 bridgehead atoms. The smallest absolute Gasteiger partial charge is 0.227 e. The summed E-state index contributed by atoms with van der Waals surface area (Å²) in [5.41, 5.74) is 1.65. The molecule has 0 heterocycles. The number of halogens is 2. The highest BCUT2D eigenvalue weighted by molar-refractivity contribution is 9.10. The van der Waals surface area contributed by atoms with Crippen molar-refractivity contribution in [1.82, 2.24) is 0 Å². The number of aryl methyl sites for hydroxylation is 1. The quantitative estimate of drug-likeness (QED) is 0.871. The Kier molecular flexibility index (Phi) is 5.33. The number of anilines is 1. The lowest BCUT2D eigenvalue weighted by Crippen LogP contribution is -2.15. The predicted octanol–water partition coefficient (Wildman–Crippen LogP) is 4.30. The van der Waals surface area contributed by atoms with Crippen molar-refractivity contribution in [3.8, 4) is 5.75 Å². The molecule has 3 nitrogen and oxygen atoms in total. The largest absolute Gasteiger partial charge is 0.493 e. The Morgan fingerprint density at radius 2 is 2.10 bits per heavy atom. The molecule has 0 radical (unpaired) electrons. The summed E-state index contributed by atoms with van der Waals surface area (Å²) < 4.78 is 18.9. The molecular weight excluding hydrogens is 337 g/mol. The van der Waals surface area contributed by atoms with Gasteiger partial charge in [-0.3, -0.25) is 4.79 Å². The number of nitrogens with one attached hydrogen (secondary N) is 1. The molecule has 21 heavy (non-hydrogen) atoms. The molecule has 1 N–H and O–H groups in total. The Bertz CT molecular complexity index is 646. The first-order chi connectivity index (χ1) is 10.0. The zero-order valence-corrected chi connectivity index (χ0v) is 13.1. The summed E-state index contributed by atoms with van der Waals surface area (Å²) in [7, 11) is 0. The maximum absolute atomic E-state index is 13.1. The molecule has 5 heteroatoms. The molecule has 110 valence electrons. The molecule has 0 aliphatic carbocycles. The van der Waals surface area contributed by atoms with Crippen molar-refractivity contribution >= 4 is 27.5 Å². The third kappa shape index (κ3) is 4.86. The Balaban J connectivity index is 1.81. The summed E-state index contributed by atoms with van der Waals surface area (Å²) in [6.07, 6.45) is 0.225. The highest BCUT2D eigenvalue weighted by Gasteiger charge is 2.05. The topological polar surface area (TPSA) is 38.3 Å². The zero-order chi connectivity index (χ0) is 15.2. The molecule has 0 spiro atoms. The summed E-state index contributed by atoms with van der Waals surface area (Å²) >= 11 is 3.07. The third-order valence-corrected chi connectivity index (χ3v) is 3.40. The molecule has 0 aliphatic rings. The van der Waals surface area contributed by atoms with Gasteiger partial charge in [-0.2, -0.15) is 0 Å². The minimum atomic E-state index is -0.365. The molecule has 0 aromatic heterocycles. The maximum Gasteiger partial charge on any atom is 0.227 e.